The van der Waals surface area contributed by atoms with E-state index in [1.165, 1.54) is 4.90 Å². The van der Waals surface area contributed by atoms with Gasteiger partial charge in [0, 0.05) is 25.3 Å². The number of nitrogens with zero attached hydrogens (tertiary/aromatic N) is 3. The molecule has 12 heteroatoms. The first kappa shape index (κ1) is 24.8. The normalized spacial score (nSPS) is 29.4. The summed E-state index contributed by atoms with van der Waals surface area (Å²) in [6, 6.07) is 1.28. The Bertz CT molecular complexity index is 1120. The van der Waals surface area contributed by atoms with Crippen LogP contribution >= 0.6 is 0 Å². The highest BCUT2D eigenvalue weighted by Gasteiger charge is 2.40. The number of cyclic esters (lactones) is 1. The van der Waals surface area contributed by atoms with Gasteiger partial charge in [0.1, 0.15) is 6.61 Å². The lowest BCUT2D eigenvalue weighted by Gasteiger charge is -2.38. The van der Waals surface area contributed by atoms with Gasteiger partial charge in [0.05, 0.1) is 49.1 Å². The summed E-state index contributed by atoms with van der Waals surface area (Å²) in [6.07, 6.45) is 0.995. The molecule has 4 fully saturated rings. The average molecular weight is 522 g/mol. The molecule has 1 aromatic carbocycles. The summed E-state index contributed by atoms with van der Waals surface area (Å²) in [4.78, 5) is 16.1. The lowest BCUT2D eigenvalue weighted by Crippen LogP contribution is -2.46. The minimum Gasteiger partial charge on any atom is -0.447 e. The van der Waals surface area contributed by atoms with Crippen LogP contribution in [0.15, 0.2) is 10.6 Å². The van der Waals surface area contributed by atoms with Crippen molar-refractivity contribution >= 4 is 28.6 Å². The molecule has 5 heterocycles. The van der Waals surface area contributed by atoms with Crippen molar-refractivity contribution < 1.29 is 42.1 Å². The molecular formula is C25H32FN3O8. The largest absolute Gasteiger partial charge is 0.447 e. The highest BCUT2D eigenvalue weighted by atomic mass is 19.1. The van der Waals surface area contributed by atoms with Crippen LogP contribution in [-0.4, -0.2) is 81.9 Å². The monoisotopic (exact) mass is 521 g/mol. The van der Waals surface area contributed by atoms with Gasteiger partial charge < -0.3 is 37.8 Å². The first-order valence-corrected chi connectivity index (χ1v) is 12.9. The van der Waals surface area contributed by atoms with Crippen molar-refractivity contribution in [3.05, 3.63) is 17.4 Å². The molecule has 1 aromatic heterocycles. The van der Waals surface area contributed by atoms with Crippen molar-refractivity contribution in [2.75, 3.05) is 55.9 Å². The van der Waals surface area contributed by atoms with Crippen molar-refractivity contribution in [2.24, 2.45) is 0 Å². The predicted molar refractivity (Wildman–Crippen MR) is 128 cm³/mol. The Balaban J connectivity index is 1.36. The smallest absolute Gasteiger partial charge is 0.416 e. The molecule has 6 rings (SSSR count). The lowest BCUT2D eigenvalue weighted by molar-refractivity contribution is -0.164. The molecule has 0 bridgehead atoms. The Hall–Kier alpha value is -2.51. The standard InChI is InChI=1S/C25H32FN3O8/c1-14-10-28(11-15(2)36-14)21-17(24-32-7-8-33-24)9-18-22(20(21)26)37-27-23(18)29-16(13-35-25(29)30)12-34-19-5-3-4-6-31-19/h9,14-16,19,24H,3-8,10-13H2,1-2H3/t14-,15-,16+,19?/m1/s1. The molecule has 4 aliphatic rings. The maximum atomic E-state index is 16.2. The van der Waals surface area contributed by atoms with E-state index in [2.05, 4.69) is 5.16 Å². The van der Waals surface area contributed by atoms with E-state index in [0.29, 0.717) is 49.5 Å². The summed E-state index contributed by atoms with van der Waals surface area (Å²) >= 11 is 0. The molecule has 0 aliphatic carbocycles. The molecule has 0 N–H and O–H groups in total. The minimum atomic E-state index is -0.752. The number of carbonyl (C=O) groups is 1. The molecular weight excluding hydrogens is 489 g/mol. The van der Waals surface area contributed by atoms with Crippen LogP contribution < -0.4 is 9.80 Å². The zero-order valence-corrected chi connectivity index (χ0v) is 21.0. The number of aromatic nitrogens is 1. The van der Waals surface area contributed by atoms with Gasteiger partial charge in [-0.2, -0.15) is 0 Å². The molecule has 37 heavy (non-hydrogen) atoms. The average Bonchev–Trinajstić information content (AvgIpc) is 3.63. The summed E-state index contributed by atoms with van der Waals surface area (Å²) in [5.74, 6) is -0.410. The van der Waals surface area contributed by atoms with E-state index in [1.54, 1.807) is 6.07 Å². The fraction of sp³-hybridized carbons (Fsp3) is 0.680. The van der Waals surface area contributed by atoms with Gasteiger partial charge in [-0.25, -0.2) is 14.1 Å². The van der Waals surface area contributed by atoms with E-state index in [9.17, 15) is 4.79 Å². The Kier molecular flexibility index (Phi) is 6.93. The number of rotatable bonds is 6. The number of halogens is 1. The van der Waals surface area contributed by atoms with Crippen LogP contribution in [0.2, 0.25) is 0 Å². The number of anilines is 2. The quantitative estimate of drug-likeness (QED) is 0.561. The van der Waals surface area contributed by atoms with E-state index < -0.39 is 24.2 Å². The number of ether oxygens (including phenoxy) is 6. The molecule has 1 unspecified atom stereocenters. The summed E-state index contributed by atoms with van der Waals surface area (Å²) in [5.41, 5.74) is 0.806. The van der Waals surface area contributed by atoms with Crippen LogP contribution in [0.25, 0.3) is 11.0 Å². The third-order valence-electron chi connectivity index (χ3n) is 7.10. The molecule has 202 valence electrons. The number of hydrogen-bond donors (Lipinski definition) is 0. The van der Waals surface area contributed by atoms with Gasteiger partial charge in [-0.3, -0.25) is 0 Å². The Labute approximate surface area is 213 Å². The van der Waals surface area contributed by atoms with Crippen LogP contribution in [0.5, 0.6) is 0 Å². The van der Waals surface area contributed by atoms with E-state index >= 15 is 4.39 Å². The number of benzene rings is 1. The minimum absolute atomic E-state index is 0.0477. The van der Waals surface area contributed by atoms with Gasteiger partial charge >= 0.3 is 6.09 Å². The zero-order valence-electron chi connectivity index (χ0n) is 21.0. The second kappa shape index (κ2) is 10.3. The van der Waals surface area contributed by atoms with Crippen molar-refractivity contribution in [3.8, 4) is 0 Å². The third kappa shape index (κ3) is 4.76. The van der Waals surface area contributed by atoms with Gasteiger partial charge in [-0.15, -0.1) is 0 Å². The summed E-state index contributed by atoms with van der Waals surface area (Å²) in [5, 5.41) is 4.45. The highest BCUT2D eigenvalue weighted by Crippen LogP contribution is 2.42. The van der Waals surface area contributed by atoms with E-state index in [0.717, 1.165) is 19.3 Å². The van der Waals surface area contributed by atoms with Gasteiger partial charge in [0.15, 0.2) is 24.2 Å². The topological polar surface area (TPSA) is 105 Å². The number of fused-ring (bicyclic) bond motifs is 1. The van der Waals surface area contributed by atoms with Crippen molar-refractivity contribution in [2.45, 2.75) is 63.9 Å². The van der Waals surface area contributed by atoms with E-state index in [1.807, 2.05) is 18.7 Å². The number of hydrogen-bond acceptors (Lipinski definition) is 10. The van der Waals surface area contributed by atoms with Gasteiger partial charge in [-0.05, 0) is 39.2 Å². The SMILES string of the molecule is C[C@@H]1CN(c2c(C3OCCO3)cc3c(N4C(=O)OC[C@@H]4COC4CCCCO4)noc3c2F)C[C@@H](C)O1. The maximum Gasteiger partial charge on any atom is 0.416 e. The molecule has 4 aliphatic heterocycles. The van der Waals surface area contributed by atoms with Crippen LogP contribution in [-0.2, 0) is 28.4 Å². The maximum absolute atomic E-state index is 16.2. The summed E-state index contributed by atoms with van der Waals surface area (Å²) in [7, 11) is 0. The van der Waals surface area contributed by atoms with Crippen molar-refractivity contribution in [3.63, 3.8) is 0 Å². The van der Waals surface area contributed by atoms with Crippen LogP contribution in [0.1, 0.15) is 45.0 Å². The van der Waals surface area contributed by atoms with Crippen LogP contribution in [0.3, 0.4) is 0 Å². The molecule has 11 nitrogen and oxygen atoms in total. The molecule has 1 amide bonds. The van der Waals surface area contributed by atoms with Gasteiger partial charge in [0.25, 0.3) is 0 Å². The molecule has 0 spiro atoms. The Morgan fingerprint density at radius 2 is 1.89 bits per heavy atom. The summed E-state index contributed by atoms with van der Waals surface area (Å²) < 4.78 is 56.0. The Morgan fingerprint density at radius 1 is 1.11 bits per heavy atom. The molecule has 0 saturated carbocycles. The molecule has 4 atom stereocenters. The highest BCUT2D eigenvalue weighted by molar-refractivity contribution is 6.01. The van der Waals surface area contributed by atoms with Crippen molar-refractivity contribution in [1.29, 1.82) is 0 Å². The second-order valence-corrected chi connectivity index (χ2v) is 9.98. The zero-order chi connectivity index (χ0) is 25.5. The number of carbonyl (C=O) groups excluding carboxylic acids is 1. The third-order valence-corrected chi connectivity index (χ3v) is 7.10. The number of amides is 1. The lowest BCUT2D eigenvalue weighted by atomic mass is 10.0. The van der Waals surface area contributed by atoms with Gasteiger partial charge in [0.2, 0.25) is 5.58 Å². The molecule has 2 aromatic rings. The Morgan fingerprint density at radius 3 is 2.62 bits per heavy atom. The van der Waals surface area contributed by atoms with E-state index in [-0.39, 0.29) is 43.1 Å². The van der Waals surface area contributed by atoms with Crippen LogP contribution in [0, 0.1) is 5.82 Å². The first-order chi connectivity index (χ1) is 18.0. The number of morpholine rings is 1. The first-order valence-electron chi connectivity index (χ1n) is 12.9. The molecule has 4 saturated heterocycles. The van der Waals surface area contributed by atoms with E-state index in [4.69, 9.17) is 32.9 Å². The fourth-order valence-electron chi connectivity index (χ4n) is 5.51. The van der Waals surface area contributed by atoms with Crippen molar-refractivity contribution in [1.82, 2.24) is 5.16 Å². The molecule has 0 radical (unpaired) electrons. The summed E-state index contributed by atoms with van der Waals surface area (Å²) in [6.45, 7) is 6.65. The fourth-order valence-corrected chi connectivity index (χ4v) is 5.51. The van der Waals surface area contributed by atoms with Gasteiger partial charge in [-0.1, -0.05) is 5.16 Å². The predicted octanol–water partition coefficient (Wildman–Crippen LogP) is 3.49. The van der Waals surface area contributed by atoms with Crippen LogP contribution in [0.4, 0.5) is 20.7 Å². The second-order valence-electron chi connectivity index (χ2n) is 9.98.